The van der Waals surface area contributed by atoms with Crippen molar-refractivity contribution in [3.05, 3.63) is 11.1 Å². The summed E-state index contributed by atoms with van der Waals surface area (Å²) >= 11 is 3.54. The Kier molecular flexibility index (Phi) is 2.86. The summed E-state index contributed by atoms with van der Waals surface area (Å²) in [7, 11) is 0. The maximum Gasteiger partial charge on any atom is 0.168 e. The molecule has 0 fully saturated rings. The molecule has 0 bridgehead atoms. The summed E-state index contributed by atoms with van der Waals surface area (Å²) in [6, 6.07) is 0. The van der Waals surface area contributed by atoms with E-state index in [9.17, 15) is 0 Å². The fourth-order valence-corrected chi connectivity index (χ4v) is 4.11. The van der Waals surface area contributed by atoms with E-state index in [2.05, 4.69) is 34.5 Å². The zero-order valence-corrected chi connectivity index (χ0v) is 11.7. The van der Waals surface area contributed by atoms with E-state index in [1.165, 1.54) is 5.70 Å². The Balaban J connectivity index is 1.61. The van der Waals surface area contributed by atoms with Gasteiger partial charge in [0.05, 0.1) is 12.1 Å². The smallest absolute Gasteiger partial charge is 0.168 e. The average Bonchev–Trinajstić information content (AvgIpc) is 2.91. The van der Waals surface area contributed by atoms with E-state index in [0.29, 0.717) is 0 Å². The van der Waals surface area contributed by atoms with Crippen LogP contribution in [-0.2, 0) is 0 Å². The summed E-state index contributed by atoms with van der Waals surface area (Å²) in [6.07, 6.45) is 0. The number of nitrogens with one attached hydrogen (secondary N) is 1. The van der Waals surface area contributed by atoms with E-state index < -0.39 is 0 Å². The average molecular weight is 268 g/mol. The zero-order chi connectivity index (χ0) is 11.9. The highest BCUT2D eigenvalue weighted by atomic mass is 32.2. The van der Waals surface area contributed by atoms with E-state index in [1.54, 1.807) is 23.5 Å². The number of hydrogen-bond donors (Lipinski definition) is 1. The molecule has 0 atom stereocenters. The molecule has 3 aliphatic rings. The lowest BCUT2D eigenvalue weighted by Gasteiger charge is -2.20. The molecule has 0 radical (unpaired) electrons. The van der Waals surface area contributed by atoms with Crippen LogP contribution in [0, 0.1) is 0 Å². The summed E-state index contributed by atoms with van der Waals surface area (Å²) in [4.78, 5) is 11.4. The summed E-state index contributed by atoms with van der Waals surface area (Å²) in [5.41, 5.74) is 1.43. The maximum atomic E-state index is 4.71. The van der Waals surface area contributed by atoms with Crippen molar-refractivity contribution in [1.29, 1.82) is 0 Å². The standard InChI is InChI=1S/C11H16N4S2/c1-11(2)7-15-8(6-17-10(15)14-11)5-16-9-12-3-4-13-9/h6H,3-5,7H2,1-2H3,(H,12,13). The van der Waals surface area contributed by atoms with Gasteiger partial charge in [-0.05, 0) is 19.3 Å². The van der Waals surface area contributed by atoms with Crippen LogP contribution in [0.1, 0.15) is 13.8 Å². The molecule has 0 spiro atoms. The normalized spacial score (nSPS) is 25.3. The molecule has 3 rings (SSSR count). The molecular weight excluding hydrogens is 252 g/mol. The number of rotatable bonds is 2. The monoisotopic (exact) mass is 268 g/mol. The second-order valence-electron chi connectivity index (χ2n) is 4.92. The van der Waals surface area contributed by atoms with Gasteiger partial charge in [0.25, 0.3) is 0 Å². The Morgan fingerprint density at radius 1 is 1.59 bits per heavy atom. The Morgan fingerprint density at radius 3 is 3.24 bits per heavy atom. The van der Waals surface area contributed by atoms with Gasteiger partial charge in [-0.3, -0.25) is 9.98 Å². The SMILES string of the molecule is CC1(C)CN2C(CSC3=NCCN3)=CSC2=N1. The van der Waals surface area contributed by atoms with Crippen molar-refractivity contribution in [3.63, 3.8) is 0 Å². The fraction of sp³-hybridized carbons (Fsp3) is 0.636. The van der Waals surface area contributed by atoms with Crippen LogP contribution >= 0.6 is 23.5 Å². The Morgan fingerprint density at radius 2 is 2.47 bits per heavy atom. The predicted octanol–water partition coefficient (Wildman–Crippen LogP) is 1.72. The molecule has 17 heavy (non-hydrogen) atoms. The third-order valence-corrected chi connectivity index (χ3v) is 4.72. The highest BCUT2D eigenvalue weighted by Crippen LogP contribution is 2.36. The van der Waals surface area contributed by atoms with E-state index in [4.69, 9.17) is 4.99 Å². The molecule has 0 aliphatic carbocycles. The van der Waals surface area contributed by atoms with Gasteiger partial charge in [-0.2, -0.15) is 0 Å². The lowest BCUT2D eigenvalue weighted by atomic mass is 10.1. The van der Waals surface area contributed by atoms with E-state index >= 15 is 0 Å². The quantitative estimate of drug-likeness (QED) is 0.828. The number of amidine groups is 2. The number of aliphatic imine (C=N–C) groups is 2. The molecule has 0 unspecified atom stereocenters. The van der Waals surface area contributed by atoms with Crippen LogP contribution in [0.3, 0.4) is 0 Å². The van der Waals surface area contributed by atoms with Gasteiger partial charge in [-0.25, -0.2) is 0 Å². The van der Waals surface area contributed by atoms with Crippen molar-refractivity contribution in [2.24, 2.45) is 9.98 Å². The van der Waals surface area contributed by atoms with Gasteiger partial charge in [-0.15, -0.1) is 0 Å². The fourth-order valence-electron chi connectivity index (χ4n) is 2.04. The van der Waals surface area contributed by atoms with Crippen molar-refractivity contribution in [3.8, 4) is 0 Å². The molecule has 0 amide bonds. The molecule has 0 aromatic heterocycles. The molecule has 0 aromatic rings. The van der Waals surface area contributed by atoms with Gasteiger partial charge in [-0.1, -0.05) is 23.5 Å². The van der Waals surface area contributed by atoms with Gasteiger partial charge in [0.15, 0.2) is 10.3 Å². The van der Waals surface area contributed by atoms with Gasteiger partial charge in [0.2, 0.25) is 0 Å². The Labute approximate surface area is 110 Å². The minimum Gasteiger partial charge on any atom is -0.363 e. The zero-order valence-electron chi connectivity index (χ0n) is 10.1. The molecule has 1 N–H and O–H groups in total. The third kappa shape index (κ3) is 2.33. The highest BCUT2D eigenvalue weighted by molar-refractivity contribution is 8.17. The molecule has 3 heterocycles. The summed E-state index contributed by atoms with van der Waals surface area (Å²) < 4.78 is 0. The van der Waals surface area contributed by atoms with Crippen LogP contribution < -0.4 is 5.32 Å². The van der Waals surface area contributed by atoms with Crippen molar-refractivity contribution in [2.45, 2.75) is 19.4 Å². The number of thioether (sulfide) groups is 2. The second kappa shape index (κ2) is 4.24. The lowest BCUT2D eigenvalue weighted by Crippen LogP contribution is -2.30. The number of fused-ring (bicyclic) bond motifs is 1. The molecule has 0 aromatic carbocycles. The first kappa shape index (κ1) is 11.5. The first-order valence-electron chi connectivity index (χ1n) is 5.78. The first-order chi connectivity index (χ1) is 8.14. The van der Waals surface area contributed by atoms with E-state index in [0.717, 1.165) is 35.7 Å². The summed E-state index contributed by atoms with van der Waals surface area (Å²) in [6.45, 7) is 7.28. The van der Waals surface area contributed by atoms with Crippen LogP contribution in [0.25, 0.3) is 0 Å². The largest absolute Gasteiger partial charge is 0.363 e. The summed E-state index contributed by atoms with van der Waals surface area (Å²) in [5, 5.41) is 7.75. The second-order valence-corrected chi connectivity index (χ2v) is 6.72. The van der Waals surface area contributed by atoms with Crippen molar-refractivity contribution in [2.75, 3.05) is 25.4 Å². The molecule has 6 heteroatoms. The van der Waals surface area contributed by atoms with E-state index in [-0.39, 0.29) is 5.54 Å². The van der Waals surface area contributed by atoms with Crippen LogP contribution in [0.15, 0.2) is 21.1 Å². The van der Waals surface area contributed by atoms with Crippen LogP contribution in [0.2, 0.25) is 0 Å². The first-order valence-corrected chi connectivity index (χ1v) is 7.65. The number of hydrogen-bond acceptors (Lipinski definition) is 6. The Hall–Kier alpha value is -0.620. The van der Waals surface area contributed by atoms with Crippen molar-refractivity contribution >= 4 is 33.9 Å². The maximum absolute atomic E-state index is 4.71. The molecular formula is C11H16N4S2. The van der Waals surface area contributed by atoms with Gasteiger partial charge >= 0.3 is 0 Å². The van der Waals surface area contributed by atoms with Crippen LogP contribution in [-0.4, -0.2) is 46.2 Å². The van der Waals surface area contributed by atoms with Crippen molar-refractivity contribution in [1.82, 2.24) is 10.2 Å². The molecule has 92 valence electrons. The molecule has 0 saturated heterocycles. The molecule has 3 aliphatic heterocycles. The highest BCUT2D eigenvalue weighted by Gasteiger charge is 2.36. The van der Waals surface area contributed by atoms with Crippen LogP contribution in [0.4, 0.5) is 0 Å². The Bertz CT molecular complexity index is 425. The minimum absolute atomic E-state index is 0.0651. The van der Waals surface area contributed by atoms with Gasteiger partial charge in [0, 0.05) is 24.5 Å². The molecule has 4 nitrogen and oxygen atoms in total. The topological polar surface area (TPSA) is 40.0 Å². The third-order valence-electron chi connectivity index (χ3n) is 2.82. The summed E-state index contributed by atoms with van der Waals surface area (Å²) in [5.74, 6) is 0.980. The number of nitrogens with zero attached hydrogens (tertiary/aromatic N) is 3. The van der Waals surface area contributed by atoms with Crippen LogP contribution in [0.5, 0.6) is 0 Å². The van der Waals surface area contributed by atoms with E-state index in [1.807, 2.05) is 0 Å². The van der Waals surface area contributed by atoms with Gasteiger partial charge in [0.1, 0.15) is 0 Å². The molecule has 0 saturated carbocycles. The van der Waals surface area contributed by atoms with Gasteiger partial charge < -0.3 is 10.2 Å². The lowest BCUT2D eigenvalue weighted by molar-refractivity contribution is 0.436. The minimum atomic E-state index is 0.0651. The predicted molar refractivity (Wildman–Crippen MR) is 76.7 cm³/mol. The van der Waals surface area contributed by atoms with Crippen molar-refractivity contribution < 1.29 is 0 Å².